The molecule has 70 valence electrons. The van der Waals surface area contributed by atoms with E-state index >= 15 is 0 Å². The monoisotopic (exact) mass is 170 g/mol. The van der Waals surface area contributed by atoms with E-state index in [0.29, 0.717) is 5.92 Å². The van der Waals surface area contributed by atoms with Crippen LogP contribution < -0.4 is 0 Å². The lowest BCUT2D eigenvalue weighted by atomic mass is 9.95. The molecular formula is C10H18O2. The van der Waals surface area contributed by atoms with Crippen LogP contribution in [0.4, 0.5) is 0 Å². The molecule has 1 rings (SSSR count). The maximum Gasteiger partial charge on any atom is 0.309 e. The summed E-state index contributed by atoms with van der Waals surface area (Å²) in [6, 6.07) is 0. The van der Waals surface area contributed by atoms with E-state index in [-0.39, 0.29) is 18.0 Å². The summed E-state index contributed by atoms with van der Waals surface area (Å²) in [5.41, 5.74) is 0. The Kier molecular flexibility index (Phi) is 3.12. The second-order valence-electron chi connectivity index (χ2n) is 4.15. The van der Waals surface area contributed by atoms with Crippen LogP contribution in [0.25, 0.3) is 0 Å². The number of cyclic esters (lactones) is 1. The Morgan fingerprint density at radius 1 is 1.58 bits per heavy atom. The van der Waals surface area contributed by atoms with Gasteiger partial charge in [0.1, 0.15) is 0 Å². The van der Waals surface area contributed by atoms with E-state index < -0.39 is 0 Å². The molecule has 12 heavy (non-hydrogen) atoms. The lowest BCUT2D eigenvalue weighted by molar-refractivity contribution is -0.144. The van der Waals surface area contributed by atoms with Gasteiger partial charge in [-0.15, -0.1) is 0 Å². The minimum atomic E-state index is 0.0168. The second-order valence-corrected chi connectivity index (χ2v) is 4.15. The summed E-state index contributed by atoms with van der Waals surface area (Å²) in [5, 5.41) is 0. The van der Waals surface area contributed by atoms with Gasteiger partial charge in [0.25, 0.3) is 0 Å². The molecule has 2 unspecified atom stereocenters. The van der Waals surface area contributed by atoms with Gasteiger partial charge in [-0.25, -0.2) is 0 Å². The Balaban J connectivity index is 2.28. The van der Waals surface area contributed by atoms with Crippen molar-refractivity contribution in [2.45, 2.75) is 46.1 Å². The van der Waals surface area contributed by atoms with Crippen LogP contribution in [-0.2, 0) is 9.53 Å². The van der Waals surface area contributed by atoms with Crippen molar-refractivity contribution in [1.29, 1.82) is 0 Å². The van der Waals surface area contributed by atoms with Crippen LogP contribution in [0.5, 0.6) is 0 Å². The molecule has 1 fully saturated rings. The molecule has 0 bridgehead atoms. The van der Waals surface area contributed by atoms with Crippen molar-refractivity contribution in [2.75, 3.05) is 0 Å². The third-order valence-electron chi connectivity index (χ3n) is 2.36. The first-order valence-corrected chi connectivity index (χ1v) is 4.80. The highest BCUT2D eigenvalue weighted by molar-refractivity contribution is 5.74. The number of carbonyl (C=O) groups is 1. The van der Waals surface area contributed by atoms with Gasteiger partial charge in [-0.3, -0.25) is 4.79 Å². The fraction of sp³-hybridized carbons (Fsp3) is 0.900. The summed E-state index contributed by atoms with van der Waals surface area (Å²) >= 11 is 0. The lowest BCUT2D eigenvalue weighted by Crippen LogP contribution is -2.08. The maximum absolute atomic E-state index is 11.2. The summed E-state index contributed by atoms with van der Waals surface area (Å²) in [6.45, 7) is 6.33. The third-order valence-corrected chi connectivity index (χ3v) is 2.36. The first-order chi connectivity index (χ1) is 5.59. The average molecular weight is 170 g/mol. The van der Waals surface area contributed by atoms with Crippen molar-refractivity contribution >= 4 is 5.97 Å². The summed E-state index contributed by atoms with van der Waals surface area (Å²) in [5.74, 6) is 0.888. The van der Waals surface area contributed by atoms with Gasteiger partial charge in [-0.1, -0.05) is 20.3 Å². The van der Waals surface area contributed by atoms with Crippen LogP contribution in [0.1, 0.15) is 40.0 Å². The van der Waals surface area contributed by atoms with Crippen molar-refractivity contribution < 1.29 is 9.53 Å². The molecule has 0 aromatic heterocycles. The zero-order valence-electron chi connectivity index (χ0n) is 8.17. The second kappa shape index (κ2) is 3.92. The van der Waals surface area contributed by atoms with Gasteiger partial charge < -0.3 is 4.74 Å². The number of hydrogen-bond donors (Lipinski definition) is 0. The number of ether oxygens (including phenoxy) is 1. The molecule has 2 heteroatoms. The van der Waals surface area contributed by atoms with E-state index in [2.05, 4.69) is 13.8 Å². The summed E-state index contributed by atoms with van der Waals surface area (Å²) in [4.78, 5) is 11.2. The predicted molar refractivity (Wildman–Crippen MR) is 47.7 cm³/mol. The van der Waals surface area contributed by atoms with Crippen LogP contribution in [-0.4, -0.2) is 12.1 Å². The van der Waals surface area contributed by atoms with Gasteiger partial charge in [0, 0.05) is 0 Å². The Morgan fingerprint density at radius 3 is 2.67 bits per heavy atom. The molecule has 0 saturated carbocycles. The summed E-state index contributed by atoms with van der Waals surface area (Å²) < 4.78 is 5.07. The van der Waals surface area contributed by atoms with Crippen LogP contribution in [0, 0.1) is 11.8 Å². The van der Waals surface area contributed by atoms with Gasteiger partial charge in [0.2, 0.25) is 0 Å². The Labute approximate surface area is 74.3 Å². The molecule has 0 spiro atoms. The number of carbonyl (C=O) groups excluding carboxylic acids is 1. The SMILES string of the molecule is CC(C)CCC1CC(C)OC1=O. The number of rotatable bonds is 3. The number of esters is 1. The summed E-state index contributed by atoms with van der Waals surface area (Å²) in [6.07, 6.45) is 3.20. The smallest absolute Gasteiger partial charge is 0.309 e. The van der Waals surface area contributed by atoms with Crippen LogP contribution in [0.2, 0.25) is 0 Å². The Hall–Kier alpha value is -0.530. The molecule has 0 aromatic carbocycles. The maximum atomic E-state index is 11.2. The van der Waals surface area contributed by atoms with Crippen LogP contribution >= 0.6 is 0 Å². The molecular weight excluding hydrogens is 152 g/mol. The molecule has 2 nitrogen and oxygen atoms in total. The van der Waals surface area contributed by atoms with Crippen molar-refractivity contribution in [2.24, 2.45) is 11.8 Å². The molecule has 1 saturated heterocycles. The zero-order chi connectivity index (χ0) is 9.14. The first-order valence-electron chi connectivity index (χ1n) is 4.80. The standard InChI is InChI=1S/C10H18O2/c1-7(2)4-5-9-6-8(3)12-10(9)11/h7-9H,4-6H2,1-3H3. The summed E-state index contributed by atoms with van der Waals surface area (Å²) in [7, 11) is 0. The van der Waals surface area contributed by atoms with Gasteiger partial charge in [0.15, 0.2) is 0 Å². The molecule has 0 amide bonds. The van der Waals surface area contributed by atoms with Gasteiger partial charge in [-0.2, -0.15) is 0 Å². The highest BCUT2D eigenvalue weighted by Gasteiger charge is 2.31. The van der Waals surface area contributed by atoms with Gasteiger partial charge in [-0.05, 0) is 25.7 Å². The fourth-order valence-corrected chi connectivity index (χ4v) is 1.61. The normalized spacial score (nSPS) is 29.5. The first kappa shape index (κ1) is 9.56. The lowest BCUT2D eigenvalue weighted by Gasteiger charge is -2.06. The Morgan fingerprint density at radius 2 is 2.25 bits per heavy atom. The largest absolute Gasteiger partial charge is 0.462 e. The van der Waals surface area contributed by atoms with E-state index in [1.54, 1.807) is 0 Å². The van der Waals surface area contributed by atoms with E-state index in [1.165, 1.54) is 0 Å². The number of hydrogen-bond acceptors (Lipinski definition) is 2. The highest BCUT2D eigenvalue weighted by atomic mass is 16.5. The molecule has 2 atom stereocenters. The van der Waals surface area contributed by atoms with Gasteiger partial charge in [0.05, 0.1) is 12.0 Å². The van der Waals surface area contributed by atoms with E-state index in [4.69, 9.17) is 4.74 Å². The third kappa shape index (κ3) is 2.50. The molecule has 0 aromatic rings. The molecule has 0 aliphatic carbocycles. The highest BCUT2D eigenvalue weighted by Crippen LogP contribution is 2.26. The van der Waals surface area contributed by atoms with E-state index in [1.807, 2.05) is 6.92 Å². The molecule has 1 aliphatic rings. The predicted octanol–water partition coefficient (Wildman–Crippen LogP) is 2.37. The quantitative estimate of drug-likeness (QED) is 0.608. The van der Waals surface area contributed by atoms with Crippen molar-refractivity contribution in [1.82, 2.24) is 0 Å². The molecule has 0 N–H and O–H groups in total. The van der Waals surface area contributed by atoms with Gasteiger partial charge >= 0.3 is 5.97 Å². The Bertz CT molecular complexity index is 163. The minimum absolute atomic E-state index is 0.0168. The van der Waals surface area contributed by atoms with E-state index in [9.17, 15) is 4.79 Å². The van der Waals surface area contributed by atoms with Crippen molar-refractivity contribution in [3.8, 4) is 0 Å². The van der Waals surface area contributed by atoms with Crippen LogP contribution in [0.15, 0.2) is 0 Å². The van der Waals surface area contributed by atoms with Crippen LogP contribution in [0.3, 0.4) is 0 Å². The minimum Gasteiger partial charge on any atom is -0.462 e. The van der Waals surface area contributed by atoms with Crippen molar-refractivity contribution in [3.05, 3.63) is 0 Å². The molecule has 1 aliphatic heterocycles. The molecule has 1 heterocycles. The average Bonchev–Trinajstić information content (AvgIpc) is 2.26. The zero-order valence-corrected chi connectivity index (χ0v) is 8.17. The topological polar surface area (TPSA) is 26.3 Å². The van der Waals surface area contributed by atoms with Crippen molar-refractivity contribution in [3.63, 3.8) is 0 Å². The van der Waals surface area contributed by atoms with E-state index in [0.717, 1.165) is 19.3 Å². The fourth-order valence-electron chi connectivity index (χ4n) is 1.61. The molecule has 0 radical (unpaired) electrons.